The predicted octanol–water partition coefficient (Wildman–Crippen LogP) is 4.72. The summed E-state index contributed by atoms with van der Waals surface area (Å²) in [5.74, 6) is 1.34. The number of ether oxygens (including phenoxy) is 1. The molecule has 0 saturated heterocycles. The number of amides is 1. The third kappa shape index (κ3) is 5.09. The second-order valence-corrected chi connectivity index (χ2v) is 8.04. The van der Waals surface area contributed by atoms with Crippen molar-refractivity contribution in [1.29, 1.82) is 0 Å². The molecular weight excluding hydrogens is 366 g/mol. The van der Waals surface area contributed by atoms with Crippen molar-refractivity contribution in [2.24, 2.45) is 0 Å². The number of hydrogen-bond donors (Lipinski definition) is 1. The van der Waals surface area contributed by atoms with E-state index in [1.807, 2.05) is 26.0 Å². The fourth-order valence-electron chi connectivity index (χ4n) is 1.95. The predicted molar refractivity (Wildman–Crippen MR) is 101 cm³/mol. The Hall–Kier alpha value is -1.31. The van der Waals surface area contributed by atoms with Crippen molar-refractivity contribution >= 4 is 45.7 Å². The molecule has 2 rings (SSSR count). The molecule has 1 unspecified atom stereocenters. The Bertz CT molecular complexity index is 698. The normalized spacial score (nSPS) is 12.0. The van der Waals surface area contributed by atoms with E-state index in [1.165, 1.54) is 11.3 Å². The molecule has 1 N–H and O–H groups in total. The number of rotatable bonds is 7. The van der Waals surface area contributed by atoms with Gasteiger partial charge in [0.1, 0.15) is 5.75 Å². The Morgan fingerprint density at radius 1 is 1.38 bits per heavy atom. The van der Waals surface area contributed by atoms with E-state index in [2.05, 4.69) is 22.4 Å². The van der Waals surface area contributed by atoms with Crippen LogP contribution < -0.4 is 10.1 Å². The van der Waals surface area contributed by atoms with Gasteiger partial charge < -0.3 is 4.74 Å². The van der Waals surface area contributed by atoms with Gasteiger partial charge in [0.25, 0.3) is 5.91 Å². The van der Waals surface area contributed by atoms with Crippen LogP contribution in [0.1, 0.15) is 31.4 Å². The first-order valence-electron chi connectivity index (χ1n) is 7.61. The molecule has 0 aliphatic heterocycles. The Morgan fingerprint density at radius 2 is 2.04 bits per heavy atom. The summed E-state index contributed by atoms with van der Waals surface area (Å²) in [7, 11) is 0. The Morgan fingerprint density at radius 3 is 2.67 bits per heavy atom. The molecule has 1 heterocycles. The Labute approximate surface area is 155 Å². The number of aromatic nitrogens is 2. The molecule has 0 radical (unpaired) electrons. The molecule has 0 bridgehead atoms. The van der Waals surface area contributed by atoms with Crippen LogP contribution in [0.15, 0.2) is 16.5 Å². The average Bonchev–Trinajstić information content (AvgIpc) is 2.97. The van der Waals surface area contributed by atoms with Crippen LogP contribution in [0.4, 0.5) is 5.13 Å². The molecule has 0 fully saturated rings. The second kappa shape index (κ2) is 8.69. The maximum Gasteiger partial charge on any atom is 0.266 e. The van der Waals surface area contributed by atoms with Crippen LogP contribution in [0.5, 0.6) is 5.75 Å². The smallest absolute Gasteiger partial charge is 0.266 e. The van der Waals surface area contributed by atoms with E-state index in [9.17, 15) is 4.79 Å². The van der Waals surface area contributed by atoms with Crippen LogP contribution in [0.2, 0.25) is 5.02 Å². The third-order valence-electron chi connectivity index (χ3n) is 3.16. The zero-order chi connectivity index (χ0) is 17.7. The summed E-state index contributed by atoms with van der Waals surface area (Å²) in [5, 5.41) is 12.0. The number of carbonyl (C=O) groups excluding carboxylic acids is 1. The summed E-state index contributed by atoms with van der Waals surface area (Å²) < 4.78 is 6.57. The molecule has 8 heteroatoms. The van der Waals surface area contributed by atoms with Gasteiger partial charge in [0.15, 0.2) is 10.4 Å². The third-order valence-corrected chi connectivity index (χ3v) is 5.93. The molecular formula is C16H20ClN3O2S2. The minimum Gasteiger partial charge on any atom is -0.481 e. The zero-order valence-electron chi connectivity index (χ0n) is 14.1. The highest BCUT2D eigenvalue weighted by Gasteiger charge is 2.18. The summed E-state index contributed by atoms with van der Waals surface area (Å²) in [4.78, 5) is 12.2. The lowest BCUT2D eigenvalue weighted by Crippen LogP contribution is -2.30. The number of hydrogen-bond acceptors (Lipinski definition) is 6. The molecule has 1 aromatic heterocycles. The maximum atomic E-state index is 12.2. The van der Waals surface area contributed by atoms with Crippen LogP contribution in [0.3, 0.4) is 0 Å². The molecule has 0 aliphatic rings. The van der Waals surface area contributed by atoms with Gasteiger partial charge in [-0.25, -0.2) is 0 Å². The molecule has 0 aliphatic carbocycles. The number of nitrogens with one attached hydrogen (secondary N) is 1. The highest BCUT2D eigenvalue weighted by atomic mass is 35.5. The minimum absolute atomic E-state index is 0.261. The minimum atomic E-state index is -0.652. The standard InChI is InChI=1S/C16H20ClN3O2S2/c1-5-6-23-16-20-19-15(24-16)18-14(21)11(4)22-12-7-9(2)13(17)10(3)8-12/h7-8,11H,5-6H2,1-4H3,(H,18,19,21). The SMILES string of the molecule is CCCSc1nnc(NC(=O)C(C)Oc2cc(C)c(Cl)c(C)c2)s1. The van der Waals surface area contributed by atoms with Crippen molar-refractivity contribution in [2.45, 2.75) is 44.6 Å². The number of nitrogens with zero attached hydrogens (tertiary/aromatic N) is 2. The number of carbonyl (C=O) groups is 1. The number of halogens is 1. The maximum absolute atomic E-state index is 12.2. The zero-order valence-corrected chi connectivity index (χ0v) is 16.4. The summed E-state index contributed by atoms with van der Waals surface area (Å²) in [5.41, 5.74) is 1.84. The molecule has 5 nitrogen and oxygen atoms in total. The van der Waals surface area contributed by atoms with E-state index >= 15 is 0 Å². The highest BCUT2D eigenvalue weighted by Crippen LogP contribution is 2.28. The van der Waals surface area contributed by atoms with Crippen molar-refractivity contribution in [3.63, 3.8) is 0 Å². The highest BCUT2D eigenvalue weighted by molar-refractivity contribution is 8.01. The molecule has 1 amide bonds. The van der Waals surface area contributed by atoms with Crippen LogP contribution in [-0.4, -0.2) is 28.0 Å². The van der Waals surface area contributed by atoms with Crippen molar-refractivity contribution in [3.05, 3.63) is 28.3 Å². The summed E-state index contributed by atoms with van der Waals surface area (Å²) >= 11 is 9.15. The van der Waals surface area contributed by atoms with E-state index < -0.39 is 6.10 Å². The number of benzene rings is 1. The first-order chi connectivity index (χ1) is 11.4. The molecule has 1 aromatic carbocycles. The van der Waals surface area contributed by atoms with Crippen molar-refractivity contribution in [1.82, 2.24) is 10.2 Å². The van der Waals surface area contributed by atoms with E-state index in [0.29, 0.717) is 15.9 Å². The molecule has 2 aromatic rings. The Kier molecular flexibility index (Phi) is 6.89. The van der Waals surface area contributed by atoms with Crippen LogP contribution in [0, 0.1) is 13.8 Å². The lowest BCUT2D eigenvalue weighted by atomic mass is 10.1. The van der Waals surface area contributed by atoms with Crippen LogP contribution >= 0.6 is 34.7 Å². The largest absolute Gasteiger partial charge is 0.481 e. The number of aryl methyl sites for hydroxylation is 2. The number of thioether (sulfide) groups is 1. The van der Waals surface area contributed by atoms with Crippen LogP contribution in [0.25, 0.3) is 0 Å². The molecule has 24 heavy (non-hydrogen) atoms. The number of anilines is 1. The van der Waals surface area contributed by atoms with Gasteiger partial charge in [0.05, 0.1) is 0 Å². The van der Waals surface area contributed by atoms with Gasteiger partial charge in [-0.3, -0.25) is 10.1 Å². The van der Waals surface area contributed by atoms with Crippen molar-refractivity contribution < 1.29 is 9.53 Å². The van der Waals surface area contributed by atoms with E-state index in [4.69, 9.17) is 16.3 Å². The summed E-state index contributed by atoms with van der Waals surface area (Å²) in [6.45, 7) is 7.62. The van der Waals surface area contributed by atoms with Gasteiger partial charge >= 0.3 is 0 Å². The molecule has 1 atom stereocenters. The average molecular weight is 386 g/mol. The van der Waals surface area contributed by atoms with Gasteiger partial charge in [-0.15, -0.1) is 10.2 Å². The van der Waals surface area contributed by atoms with E-state index in [1.54, 1.807) is 18.7 Å². The van der Waals surface area contributed by atoms with E-state index in [0.717, 1.165) is 27.6 Å². The molecule has 0 saturated carbocycles. The van der Waals surface area contributed by atoms with Crippen LogP contribution in [-0.2, 0) is 4.79 Å². The quantitative estimate of drug-likeness (QED) is 0.552. The Balaban J connectivity index is 1.96. The van der Waals surface area contributed by atoms with Gasteiger partial charge in [0, 0.05) is 10.8 Å². The van der Waals surface area contributed by atoms with E-state index in [-0.39, 0.29) is 5.91 Å². The van der Waals surface area contributed by atoms with Crippen molar-refractivity contribution in [3.8, 4) is 5.75 Å². The lowest BCUT2D eigenvalue weighted by molar-refractivity contribution is -0.122. The fraction of sp³-hybridized carbons (Fsp3) is 0.438. The summed E-state index contributed by atoms with van der Waals surface area (Å²) in [6, 6.07) is 3.65. The van der Waals surface area contributed by atoms with Gasteiger partial charge in [-0.1, -0.05) is 41.6 Å². The monoisotopic (exact) mass is 385 g/mol. The first-order valence-corrected chi connectivity index (χ1v) is 9.79. The molecule has 130 valence electrons. The van der Waals surface area contributed by atoms with Gasteiger partial charge in [-0.2, -0.15) is 0 Å². The second-order valence-electron chi connectivity index (χ2n) is 5.34. The molecule has 0 spiro atoms. The topological polar surface area (TPSA) is 64.1 Å². The lowest BCUT2D eigenvalue weighted by Gasteiger charge is -2.15. The van der Waals surface area contributed by atoms with Gasteiger partial charge in [0.2, 0.25) is 5.13 Å². The fourth-order valence-corrected chi connectivity index (χ4v) is 3.74. The van der Waals surface area contributed by atoms with Gasteiger partial charge in [-0.05, 0) is 50.5 Å². The first kappa shape index (κ1) is 19.0. The van der Waals surface area contributed by atoms with Crippen molar-refractivity contribution in [2.75, 3.05) is 11.1 Å². The summed E-state index contributed by atoms with van der Waals surface area (Å²) in [6.07, 6.45) is 0.414.